The summed E-state index contributed by atoms with van der Waals surface area (Å²) in [6.07, 6.45) is 0. The molecular weight excluding hydrogens is 272 g/mol. The van der Waals surface area contributed by atoms with Gasteiger partial charge in [-0.3, -0.25) is 0 Å². The molecule has 0 aliphatic rings. The normalized spacial score (nSPS) is 10.9. The summed E-state index contributed by atoms with van der Waals surface area (Å²) >= 11 is 0. The van der Waals surface area contributed by atoms with E-state index in [2.05, 4.69) is 42.1 Å². The first kappa shape index (κ1) is 15.4. The average Bonchev–Trinajstić information content (AvgIpc) is 2.45. The lowest BCUT2D eigenvalue weighted by Crippen LogP contribution is -2.13. The molecule has 1 N–H and O–H groups in total. The highest BCUT2D eigenvalue weighted by molar-refractivity contribution is 5.33. The van der Waals surface area contributed by atoms with Gasteiger partial charge in [-0.2, -0.15) is 8.78 Å². The summed E-state index contributed by atoms with van der Waals surface area (Å²) in [5.41, 5.74) is 4.88. The van der Waals surface area contributed by atoms with Crippen molar-refractivity contribution >= 4 is 0 Å². The minimum Gasteiger partial charge on any atom is -0.435 e. The van der Waals surface area contributed by atoms with Crippen LogP contribution >= 0.6 is 0 Å². The van der Waals surface area contributed by atoms with Crippen molar-refractivity contribution < 1.29 is 13.5 Å². The van der Waals surface area contributed by atoms with Gasteiger partial charge < -0.3 is 10.1 Å². The van der Waals surface area contributed by atoms with Crippen LogP contribution in [0.5, 0.6) is 5.75 Å². The van der Waals surface area contributed by atoms with Gasteiger partial charge in [0.15, 0.2) is 0 Å². The summed E-state index contributed by atoms with van der Waals surface area (Å²) in [6, 6.07) is 12.9. The molecule has 0 spiro atoms. The first-order chi connectivity index (χ1) is 10.1. The smallest absolute Gasteiger partial charge is 0.387 e. The third kappa shape index (κ3) is 4.53. The summed E-state index contributed by atoms with van der Waals surface area (Å²) in [5.74, 6) is 0.184. The Morgan fingerprint density at radius 3 is 2.38 bits per heavy atom. The highest BCUT2D eigenvalue weighted by Crippen LogP contribution is 2.15. The molecule has 0 unspecified atom stereocenters. The lowest BCUT2D eigenvalue weighted by atomic mass is 10.0. The number of alkyl halides is 2. The zero-order chi connectivity index (χ0) is 15.2. The van der Waals surface area contributed by atoms with E-state index < -0.39 is 6.61 Å². The molecule has 0 saturated carbocycles. The van der Waals surface area contributed by atoms with E-state index in [0.29, 0.717) is 6.54 Å². The van der Waals surface area contributed by atoms with E-state index in [1.165, 1.54) is 16.7 Å². The van der Waals surface area contributed by atoms with Crippen LogP contribution in [0.4, 0.5) is 8.78 Å². The highest BCUT2D eigenvalue weighted by Gasteiger charge is 2.04. The molecule has 4 heteroatoms. The number of rotatable bonds is 6. The Morgan fingerprint density at radius 2 is 1.71 bits per heavy atom. The Bertz CT molecular complexity index is 582. The van der Waals surface area contributed by atoms with E-state index in [4.69, 9.17) is 0 Å². The van der Waals surface area contributed by atoms with E-state index in [0.717, 1.165) is 12.1 Å². The molecule has 0 heterocycles. The number of aryl methyl sites for hydroxylation is 1. The molecular formula is C17H19F2NO. The molecule has 2 nitrogen and oxygen atoms in total. The van der Waals surface area contributed by atoms with Crippen LogP contribution in [0, 0.1) is 13.8 Å². The fourth-order valence-corrected chi connectivity index (χ4v) is 2.13. The van der Waals surface area contributed by atoms with Gasteiger partial charge in [-0.05, 0) is 48.2 Å². The van der Waals surface area contributed by atoms with E-state index in [-0.39, 0.29) is 5.75 Å². The van der Waals surface area contributed by atoms with Crippen LogP contribution in [-0.4, -0.2) is 6.61 Å². The van der Waals surface area contributed by atoms with Crippen LogP contribution in [0.3, 0.4) is 0 Å². The predicted octanol–water partition coefficient (Wildman–Crippen LogP) is 4.19. The monoisotopic (exact) mass is 291 g/mol. The molecule has 21 heavy (non-hydrogen) atoms. The SMILES string of the molecule is Cc1cccc(CNCc2ccc(OC(F)F)cc2)c1C. The maximum Gasteiger partial charge on any atom is 0.387 e. The highest BCUT2D eigenvalue weighted by atomic mass is 19.3. The minimum atomic E-state index is -2.78. The largest absolute Gasteiger partial charge is 0.435 e. The molecule has 0 fully saturated rings. The molecule has 2 rings (SSSR count). The minimum absolute atomic E-state index is 0.184. The van der Waals surface area contributed by atoms with Gasteiger partial charge in [0.25, 0.3) is 0 Å². The van der Waals surface area contributed by atoms with Gasteiger partial charge in [0.05, 0.1) is 0 Å². The van der Waals surface area contributed by atoms with Gasteiger partial charge in [-0.15, -0.1) is 0 Å². The summed E-state index contributed by atoms with van der Waals surface area (Å²) < 4.78 is 28.4. The van der Waals surface area contributed by atoms with Gasteiger partial charge in [0.2, 0.25) is 0 Å². The first-order valence-corrected chi connectivity index (χ1v) is 6.86. The second-order valence-electron chi connectivity index (χ2n) is 4.99. The molecule has 0 atom stereocenters. The van der Waals surface area contributed by atoms with Crippen molar-refractivity contribution in [2.24, 2.45) is 0 Å². The van der Waals surface area contributed by atoms with Crippen molar-refractivity contribution in [1.82, 2.24) is 5.32 Å². The quantitative estimate of drug-likeness (QED) is 0.861. The molecule has 0 amide bonds. The molecule has 112 valence electrons. The molecule has 2 aromatic carbocycles. The summed E-state index contributed by atoms with van der Waals surface area (Å²) in [7, 11) is 0. The first-order valence-electron chi connectivity index (χ1n) is 6.86. The van der Waals surface area contributed by atoms with Crippen LogP contribution in [0.2, 0.25) is 0 Å². The molecule has 0 aliphatic carbocycles. The summed E-state index contributed by atoms with van der Waals surface area (Å²) in [4.78, 5) is 0. The Balaban J connectivity index is 1.87. The van der Waals surface area contributed by atoms with Crippen molar-refractivity contribution in [3.05, 3.63) is 64.7 Å². The number of hydrogen-bond donors (Lipinski definition) is 1. The van der Waals surface area contributed by atoms with Gasteiger partial charge in [0, 0.05) is 13.1 Å². The van der Waals surface area contributed by atoms with Crippen molar-refractivity contribution in [3.8, 4) is 5.75 Å². The fraction of sp³-hybridized carbons (Fsp3) is 0.294. The maximum absolute atomic E-state index is 12.0. The van der Waals surface area contributed by atoms with Crippen LogP contribution in [0.15, 0.2) is 42.5 Å². The fourth-order valence-electron chi connectivity index (χ4n) is 2.13. The van der Waals surface area contributed by atoms with Gasteiger partial charge >= 0.3 is 6.61 Å². The third-order valence-electron chi connectivity index (χ3n) is 3.51. The Morgan fingerprint density at radius 1 is 1.00 bits per heavy atom. The third-order valence-corrected chi connectivity index (χ3v) is 3.51. The van der Waals surface area contributed by atoms with E-state index in [1.807, 2.05) is 0 Å². The number of nitrogens with one attached hydrogen (secondary N) is 1. The topological polar surface area (TPSA) is 21.3 Å². The molecule has 2 aromatic rings. The van der Waals surface area contributed by atoms with Crippen LogP contribution in [-0.2, 0) is 13.1 Å². The number of ether oxygens (including phenoxy) is 1. The molecule has 0 saturated heterocycles. The zero-order valence-electron chi connectivity index (χ0n) is 12.2. The lowest BCUT2D eigenvalue weighted by Gasteiger charge is -2.10. The second kappa shape index (κ2) is 7.18. The standard InChI is InChI=1S/C17H19F2NO/c1-12-4-3-5-15(13(12)2)11-20-10-14-6-8-16(9-7-14)21-17(18)19/h3-9,17,20H,10-11H2,1-2H3. The van der Waals surface area contributed by atoms with Crippen LogP contribution in [0.1, 0.15) is 22.3 Å². The van der Waals surface area contributed by atoms with Gasteiger partial charge in [0.1, 0.15) is 5.75 Å². The predicted molar refractivity (Wildman–Crippen MR) is 79.5 cm³/mol. The summed E-state index contributed by atoms with van der Waals surface area (Å²) in [6.45, 7) is 2.90. The maximum atomic E-state index is 12.0. The molecule has 0 aliphatic heterocycles. The van der Waals surface area contributed by atoms with Crippen LogP contribution in [0.25, 0.3) is 0 Å². The van der Waals surface area contributed by atoms with Crippen LogP contribution < -0.4 is 10.1 Å². The van der Waals surface area contributed by atoms with Crippen molar-refractivity contribution in [2.75, 3.05) is 0 Å². The van der Waals surface area contributed by atoms with Crippen molar-refractivity contribution in [3.63, 3.8) is 0 Å². The summed E-state index contributed by atoms with van der Waals surface area (Å²) in [5, 5.41) is 3.36. The Hall–Kier alpha value is -1.94. The lowest BCUT2D eigenvalue weighted by molar-refractivity contribution is -0.0498. The Labute approximate surface area is 123 Å². The number of halogens is 2. The average molecular weight is 291 g/mol. The molecule has 0 radical (unpaired) electrons. The number of benzene rings is 2. The van der Waals surface area contributed by atoms with Crippen molar-refractivity contribution in [1.29, 1.82) is 0 Å². The van der Waals surface area contributed by atoms with Crippen molar-refractivity contribution in [2.45, 2.75) is 33.5 Å². The Kier molecular flexibility index (Phi) is 5.28. The molecule has 0 bridgehead atoms. The molecule has 0 aromatic heterocycles. The van der Waals surface area contributed by atoms with Gasteiger partial charge in [-0.1, -0.05) is 30.3 Å². The second-order valence-corrected chi connectivity index (χ2v) is 4.99. The van der Waals surface area contributed by atoms with E-state index in [9.17, 15) is 8.78 Å². The van der Waals surface area contributed by atoms with Gasteiger partial charge in [-0.25, -0.2) is 0 Å². The van der Waals surface area contributed by atoms with E-state index in [1.54, 1.807) is 24.3 Å². The zero-order valence-corrected chi connectivity index (χ0v) is 12.2. The van der Waals surface area contributed by atoms with E-state index >= 15 is 0 Å². The number of hydrogen-bond acceptors (Lipinski definition) is 2.